The number of sulfone groups is 1. The quantitative estimate of drug-likeness (QED) is 0.817. The van der Waals surface area contributed by atoms with Crippen molar-refractivity contribution in [1.82, 2.24) is 10.2 Å². The van der Waals surface area contributed by atoms with Gasteiger partial charge in [-0.3, -0.25) is 14.8 Å². The summed E-state index contributed by atoms with van der Waals surface area (Å²) in [5.74, 6) is 0.0431. The maximum absolute atomic E-state index is 12.4. The molecule has 0 aliphatic carbocycles. The summed E-state index contributed by atoms with van der Waals surface area (Å²) in [6, 6.07) is 9.37. The molecule has 1 heterocycles. The van der Waals surface area contributed by atoms with E-state index in [2.05, 4.69) is 10.2 Å². The predicted molar refractivity (Wildman–Crippen MR) is 90.9 cm³/mol. The van der Waals surface area contributed by atoms with E-state index in [1.807, 2.05) is 31.2 Å². The molecule has 7 heteroatoms. The fraction of sp³-hybridized carbons (Fsp3) is 0.250. The standard InChI is InChI=1S/C16H19N3O3S/c1-13-3-5-14(6-4-13)7-8-16(20)19(11-12-23(2,21)22)15-9-10-17-18-15/h3-10H,11-12H2,1-2H3,(H,17,18)/b8-7+. The number of aryl methyl sites for hydroxylation is 1. The Morgan fingerprint density at radius 2 is 1.96 bits per heavy atom. The van der Waals surface area contributed by atoms with Gasteiger partial charge in [0.25, 0.3) is 5.91 Å². The summed E-state index contributed by atoms with van der Waals surface area (Å²) < 4.78 is 22.7. The minimum absolute atomic E-state index is 0.0676. The molecule has 1 N–H and O–H groups in total. The highest BCUT2D eigenvalue weighted by Gasteiger charge is 2.16. The van der Waals surface area contributed by atoms with E-state index in [1.54, 1.807) is 12.1 Å². The smallest absolute Gasteiger partial charge is 0.252 e. The van der Waals surface area contributed by atoms with Crippen molar-refractivity contribution in [2.75, 3.05) is 23.5 Å². The van der Waals surface area contributed by atoms with Crippen LogP contribution in [0, 0.1) is 6.92 Å². The number of aromatic nitrogens is 2. The molecule has 1 amide bonds. The van der Waals surface area contributed by atoms with Crippen LogP contribution < -0.4 is 4.90 Å². The Kier molecular flexibility index (Phi) is 5.33. The molecule has 0 unspecified atom stereocenters. The molecule has 2 aromatic rings. The number of anilines is 1. The number of benzene rings is 1. The lowest BCUT2D eigenvalue weighted by Crippen LogP contribution is -2.34. The zero-order valence-electron chi connectivity index (χ0n) is 13.1. The van der Waals surface area contributed by atoms with Crippen LogP contribution in [0.25, 0.3) is 6.08 Å². The van der Waals surface area contributed by atoms with Crippen LogP contribution in [0.1, 0.15) is 11.1 Å². The summed E-state index contributed by atoms with van der Waals surface area (Å²) in [6.07, 6.45) is 5.78. The van der Waals surface area contributed by atoms with Crippen LogP contribution >= 0.6 is 0 Å². The summed E-state index contributed by atoms with van der Waals surface area (Å²) in [7, 11) is -3.17. The maximum atomic E-state index is 12.4. The first-order valence-corrected chi connectivity index (χ1v) is 9.14. The van der Waals surface area contributed by atoms with Crippen LogP contribution in [-0.2, 0) is 14.6 Å². The van der Waals surface area contributed by atoms with E-state index < -0.39 is 9.84 Å². The number of hydrogen-bond acceptors (Lipinski definition) is 4. The SMILES string of the molecule is Cc1ccc(/C=C/C(=O)N(CCS(C)(=O)=O)c2ccn[nH]2)cc1. The predicted octanol–water partition coefficient (Wildman–Crippen LogP) is 1.81. The third kappa shape index (κ3) is 5.37. The van der Waals surface area contributed by atoms with Gasteiger partial charge < -0.3 is 0 Å². The number of hydrogen-bond donors (Lipinski definition) is 1. The lowest BCUT2D eigenvalue weighted by molar-refractivity contribution is -0.114. The van der Waals surface area contributed by atoms with Gasteiger partial charge in [0.15, 0.2) is 0 Å². The highest BCUT2D eigenvalue weighted by molar-refractivity contribution is 7.90. The largest absolute Gasteiger partial charge is 0.293 e. The Bertz CT molecular complexity index is 778. The number of H-pyrrole nitrogens is 1. The molecule has 0 saturated heterocycles. The van der Waals surface area contributed by atoms with Crippen molar-refractivity contribution in [1.29, 1.82) is 0 Å². The minimum Gasteiger partial charge on any atom is -0.293 e. The normalized spacial score (nSPS) is 11.7. The number of carbonyl (C=O) groups is 1. The number of amides is 1. The van der Waals surface area contributed by atoms with Crippen molar-refractivity contribution in [3.63, 3.8) is 0 Å². The highest BCUT2D eigenvalue weighted by Crippen LogP contribution is 2.11. The Hall–Kier alpha value is -2.41. The number of carbonyl (C=O) groups excluding carboxylic acids is 1. The van der Waals surface area contributed by atoms with Gasteiger partial charge >= 0.3 is 0 Å². The monoisotopic (exact) mass is 333 g/mol. The number of nitrogens with one attached hydrogen (secondary N) is 1. The molecule has 0 bridgehead atoms. The van der Waals surface area contributed by atoms with Gasteiger partial charge in [-0.05, 0) is 18.6 Å². The topological polar surface area (TPSA) is 83.1 Å². The molecule has 122 valence electrons. The molecule has 23 heavy (non-hydrogen) atoms. The summed E-state index contributed by atoms with van der Waals surface area (Å²) in [5, 5.41) is 6.49. The van der Waals surface area contributed by atoms with Crippen molar-refractivity contribution in [3.05, 3.63) is 53.7 Å². The maximum Gasteiger partial charge on any atom is 0.252 e. The van der Waals surface area contributed by atoms with E-state index >= 15 is 0 Å². The highest BCUT2D eigenvalue weighted by atomic mass is 32.2. The second kappa shape index (κ2) is 7.23. The first-order chi connectivity index (χ1) is 10.8. The fourth-order valence-corrected chi connectivity index (χ4v) is 2.45. The molecule has 1 aromatic carbocycles. The van der Waals surface area contributed by atoms with Crippen LogP contribution in [0.4, 0.5) is 5.82 Å². The lowest BCUT2D eigenvalue weighted by atomic mass is 10.1. The van der Waals surface area contributed by atoms with E-state index in [9.17, 15) is 13.2 Å². The number of rotatable bonds is 6. The summed E-state index contributed by atoms with van der Waals surface area (Å²) in [6.45, 7) is 2.06. The van der Waals surface area contributed by atoms with Crippen LogP contribution in [0.15, 0.2) is 42.6 Å². The van der Waals surface area contributed by atoms with Gasteiger partial charge in [-0.25, -0.2) is 8.42 Å². The zero-order chi connectivity index (χ0) is 16.9. The van der Waals surface area contributed by atoms with Crippen LogP contribution in [0.5, 0.6) is 0 Å². The minimum atomic E-state index is -3.17. The summed E-state index contributed by atoms with van der Waals surface area (Å²) >= 11 is 0. The Morgan fingerprint density at radius 3 is 2.52 bits per heavy atom. The van der Waals surface area contributed by atoms with Crippen LogP contribution in [-0.4, -0.2) is 43.1 Å². The Morgan fingerprint density at radius 1 is 1.26 bits per heavy atom. The molecule has 6 nitrogen and oxygen atoms in total. The average molecular weight is 333 g/mol. The molecule has 0 aliphatic heterocycles. The van der Waals surface area contributed by atoms with Gasteiger partial charge in [-0.15, -0.1) is 0 Å². The van der Waals surface area contributed by atoms with E-state index in [-0.39, 0.29) is 18.2 Å². The van der Waals surface area contributed by atoms with Crippen molar-refractivity contribution in [3.8, 4) is 0 Å². The first kappa shape index (κ1) is 17.0. The van der Waals surface area contributed by atoms with Gasteiger partial charge in [0.1, 0.15) is 15.7 Å². The molecule has 0 spiro atoms. The number of aromatic amines is 1. The van der Waals surface area contributed by atoms with E-state index in [1.165, 1.54) is 17.2 Å². The van der Waals surface area contributed by atoms with Crippen LogP contribution in [0.3, 0.4) is 0 Å². The van der Waals surface area contributed by atoms with E-state index in [4.69, 9.17) is 0 Å². The molecule has 0 aliphatic rings. The Balaban J connectivity index is 2.14. The van der Waals surface area contributed by atoms with E-state index in [0.717, 1.165) is 17.4 Å². The number of nitrogens with zero attached hydrogens (tertiary/aromatic N) is 2. The van der Waals surface area contributed by atoms with E-state index in [0.29, 0.717) is 5.82 Å². The van der Waals surface area contributed by atoms with Crippen molar-refractivity contribution >= 4 is 27.6 Å². The van der Waals surface area contributed by atoms with Crippen LogP contribution in [0.2, 0.25) is 0 Å². The first-order valence-electron chi connectivity index (χ1n) is 7.08. The summed E-state index contributed by atoms with van der Waals surface area (Å²) in [4.78, 5) is 13.8. The van der Waals surface area contributed by atoms with Gasteiger partial charge in [0, 0.05) is 24.9 Å². The third-order valence-corrected chi connectivity index (χ3v) is 4.15. The summed E-state index contributed by atoms with van der Waals surface area (Å²) in [5.41, 5.74) is 2.04. The molecular weight excluding hydrogens is 314 g/mol. The fourth-order valence-electron chi connectivity index (χ4n) is 1.94. The second-order valence-electron chi connectivity index (χ2n) is 5.31. The van der Waals surface area contributed by atoms with Gasteiger partial charge in [0.2, 0.25) is 0 Å². The molecule has 0 saturated carbocycles. The molecule has 2 rings (SSSR count). The molecule has 1 aromatic heterocycles. The van der Waals surface area contributed by atoms with Crippen molar-refractivity contribution < 1.29 is 13.2 Å². The molecule has 0 atom stereocenters. The second-order valence-corrected chi connectivity index (χ2v) is 7.57. The lowest BCUT2D eigenvalue weighted by Gasteiger charge is -2.18. The Labute approximate surface area is 135 Å². The molecule has 0 fully saturated rings. The van der Waals surface area contributed by atoms with Crippen molar-refractivity contribution in [2.24, 2.45) is 0 Å². The van der Waals surface area contributed by atoms with Gasteiger partial charge in [0.05, 0.1) is 11.9 Å². The van der Waals surface area contributed by atoms with Gasteiger partial charge in [-0.2, -0.15) is 5.10 Å². The molecular formula is C16H19N3O3S. The van der Waals surface area contributed by atoms with Gasteiger partial charge in [-0.1, -0.05) is 29.8 Å². The third-order valence-electron chi connectivity index (χ3n) is 3.22. The average Bonchev–Trinajstić information content (AvgIpc) is 3.00. The van der Waals surface area contributed by atoms with Crippen molar-refractivity contribution in [2.45, 2.75) is 6.92 Å². The zero-order valence-corrected chi connectivity index (χ0v) is 13.9. The molecule has 0 radical (unpaired) electrons.